The maximum Gasteiger partial charge on any atom is 0.323 e. The second kappa shape index (κ2) is 8.02. The number of carbonyl (C=O) groups is 2. The number of esters is 1. The summed E-state index contributed by atoms with van der Waals surface area (Å²) in [4.78, 5) is 25.0. The molecule has 6 nitrogen and oxygen atoms in total. The molecule has 106 valence electrons. The fourth-order valence-corrected chi connectivity index (χ4v) is 3.03. The Morgan fingerprint density at radius 3 is 3.00 bits per heavy atom. The van der Waals surface area contributed by atoms with E-state index in [0.29, 0.717) is 25.3 Å². The Morgan fingerprint density at radius 2 is 2.42 bits per heavy atom. The molecule has 0 aromatic heterocycles. The van der Waals surface area contributed by atoms with Crippen LogP contribution in [-0.4, -0.2) is 54.8 Å². The van der Waals surface area contributed by atoms with Gasteiger partial charge in [0.15, 0.2) is 0 Å². The Labute approximate surface area is 117 Å². The molecule has 1 rings (SSSR count). The quantitative estimate of drug-likeness (QED) is 0.639. The number of amides is 1. The summed E-state index contributed by atoms with van der Waals surface area (Å²) in [5.74, 6) is -0.937. The van der Waals surface area contributed by atoms with Crippen LogP contribution in [-0.2, 0) is 19.1 Å². The van der Waals surface area contributed by atoms with Crippen LogP contribution >= 0.6 is 11.8 Å². The van der Waals surface area contributed by atoms with Crippen LogP contribution in [0.1, 0.15) is 13.3 Å². The van der Waals surface area contributed by atoms with Crippen molar-refractivity contribution in [2.45, 2.75) is 18.7 Å². The van der Waals surface area contributed by atoms with Gasteiger partial charge in [-0.05, 0) is 6.92 Å². The Morgan fingerprint density at radius 1 is 1.68 bits per heavy atom. The SMILES string of the molecule is CCOC(=O)C(C#N)CC1SCC(=O)N1CCOC. The van der Waals surface area contributed by atoms with Crippen molar-refractivity contribution >= 4 is 23.6 Å². The van der Waals surface area contributed by atoms with Crippen molar-refractivity contribution in [1.82, 2.24) is 4.90 Å². The van der Waals surface area contributed by atoms with Gasteiger partial charge < -0.3 is 14.4 Å². The van der Waals surface area contributed by atoms with Gasteiger partial charge in [0.05, 0.1) is 30.4 Å². The predicted octanol–water partition coefficient (Wildman–Crippen LogP) is 0.627. The van der Waals surface area contributed by atoms with E-state index in [4.69, 9.17) is 14.7 Å². The minimum absolute atomic E-state index is 0.0209. The number of nitrogens with zero attached hydrogens (tertiary/aromatic N) is 2. The lowest BCUT2D eigenvalue weighted by atomic mass is 10.1. The van der Waals surface area contributed by atoms with Crippen LogP contribution in [0, 0.1) is 17.2 Å². The molecule has 2 unspecified atom stereocenters. The van der Waals surface area contributed by atoms with Crippen molar-refractivity contribution in [2.75, 3.05) is 32.6 Å². The van der Waals surface area contributed by atoms with Gasteiger partial charge >= 0.3 is 5.97 Å². The zero-order chi connectivity index (χ0) is 14.3. The first-order valence-electron chi connectivity index (χ1n) is 6.10. The summed E-state index contributed by atoms with van der Waals surface area (Å²) >= 11 is 1.45. The van der Waals surface area contributed by atoms with E-state index in [0.717, 1.165) is 0 Å². The number of hydrogen-bond donors (Lipinski definition) is 0. The zero-order valence-corrected chi connectivity index (χ0v) is 11.9. The number of thioether (sulfide) groups is 1. The van der Waals surface area contributed by atoms with E-state index in [1.165, 1.54) is 11.8 Å². The normalized spacial score (nSPS) is 20.2. The molecule has 1 aliphatic rings. The van der Waals surface area contributed by atoms with Crippen molar-refractivity contribution in [1.29, 1.82) is 5.26 Å². The summed E-state index contributed by atoms with van der Waals surface area (Å²) in [6, 6.07) is 1.95. The zero-order valence-electron chi connectivity index (χ0n) is 11.1. The molecule has 1 aliphatic heterocycles. The van der Waals surface area contributed by atoms with Gasteiger partial charge in [0.1, 0.15) is 5.92 Å². The molecule has 19 heavy (non-hydrogen) atoms. The third kappa shape index (κ3) is 4.40. The smallest absolute Gasteiger partial charge is 0.323 e. The lowest BCUT2D eigenvalue weighted by Gasteiger charge is -2.24. The van der Waals surface area contributed by atoms with Crippen molar-refractivity contribution in [3.8, 4) is 6.07 Å². The third-order valence-corrected chi connectivity index (χ3v) is 4.01. The number of nitriles is 1. The molecule has 1 heterocycles. The van der Waals surface area contributed by atoms with Crippen molar-refractivity contribution in [3.05, 3.63) is 0 Å². The molecule has 0 aliphatic carbocycles. The van der Waals surface area contributed by atoms with E-state index < -0.39 is 11.9 Å². The predicted molar refractivity (Wildman–Crippen MR) is 70.2 cm³/mol. The van der Waals surface area contributed by atoms with Crippen molar-refractivity contribution < 1.29 is 19.1 Å². The number of carbonyl (C=O) groups excluding carboxylic acids is 2. The summed E-state index contributed by atoms with van der Waals surface area (Å²) in [6.07, 6.45) is 0.301. The van der Waals surface area contributed by atoms with Crippen molar-refractivity contribution in [3.63, 3.8) is 0 Å². The van der Waals surface area contributed by atoms with Gasteiger partial charge in [-0.15, -0.1) is 11.8 Å². The second-order valence-corrected chi connectivity index (χ2v) is 5.18. The van der Waals surface area contributed by atoms with Crippen LogP contribution < -0.4 is 0 Å². The van der Waals surface area contributed by atoms with Gasteiger partial charge in [0.2, 0.25) is 5.91 Å². The highest BCUT2D eigenvalue weighted by Crippen LogP contribution is 2.30. The van der Waals surface area contributed by atoms with E-state index in [1.54, 1.807) is 18.9 Å². The first-order valence-corrected chi connectivity index (χ1v) is 7.15. The van der Waals surface area contributed by atoms with Gasteiger partial charge in [-0.2, -0.15) is 5.26 Å². The van der Waals surface area contributed by atoms with Gasteiger partial charge in [-0.3, -0.25) is 9.59 Å². The van der Waals surface area contributed by atoms with E-state index in [2.05, 4.69) is 0 Å². The van der Waals surface area contributed by atoms with Gasteiger partial charge in [-0.1, -0.05) is 0 Å². The summed E-state index contributed by atoms with van der Waals surface area (Å²) < 4.78 is 9.81. The molecule has 1 saturated heterocycles. The third-order valence-electron chi connectivity index (χ3n) is 2.77. The Balaban J connectivity index is 2.60. The molecule has 0 saturated carbocycles. The highest BCUT2D eigenvalue weighted by atomic mass is 32.2. The van der Waals surface area contributed by atoms with Crippen LogP contribution in [0.4, 0.5) is 0 Å². The summed E-state index contributed by atoms with van der Waals surface area (Å²) in [5, 5.41) is 8.87. The number of rotatable bonds is 7. The number of methoxy groups -OCH3 is 1. The second-order valence-electron chi connectivity index (χ2n) is 4.02. The van der Waals surface area contributed by atoms with Gasteiger partial charge in [-0.25, -0.2) is 0 Å². The highest BCUT2D eigenvalue weighted by Gasteiger charge is 2.35. The molecule has 1 fully saturated rings. The maximum atomic E-state index is 11.7. The molecule has 0 aromatic carbocycles. The van der Waals surface area contributed by atoms with Crippen molar-refractivity contribution in [2.24, 2.45) is 5.92 Å². The van der Waals surface area contributed by atoms with Crippen LogP contribution in [0.3, 0.4) is 0 Å². The molecule has 1 amide bonds. The van der Waals surface area contributed by atoms with E-state index in [9.17, 15) is 9.59 Å². The first-order chi connectivity index (χ1) is 9.13. The molecular weight excluding hydrogens is 268 g/mol. The number of ether oxygens (including phenoxy) is 2. The lowest BCUT2D eigenvalue weighted by molar-refractivity contribution is -0.146. The summed E-state index contributed by atoms with van der Waals surface area (Å²) in [7, 11) is 1.57. The molecule has 0 spiro atoms. The fraction of sp³-hybridized carbons (Fsp3) is 0.750. The fourth-order valence-electron chi connectivity index (χ4n) is 1.80. The summed E-state index contributed by atoms with van der Waals surface area (Å²) in [5.41, 5.74) is 0. The maximum absolute atomic E-state index is 11.7. The van der Waals surface area contributed by atoms with E-state index in [1.807, 2.05) is 6.07 Å². The topological polar surface area (TPSA) is 79.6 Å². The molecule has 0 aromatic rings. The molecule has 7 heteroatoms. The van der Waals surface area contributed by atoms with E-state index >= 15 is 0 Å². The molecular formula is C12H18N2O4S. The largest absolute Gasteiger partial charge is 0.465 e. The molecule has 0 N–H and O–H groups in total. The average Bonchev–Trinajstić information content (AvgIpc) is 2.74. The van der Waals surface area contributed by atoms with E-state index in [-0.39, 0.29) is 17.9 Å². The Bertz CT molecular complexity index is 369. The Hall–Kier alpha value is -1.26. The number of hydrogen-bond acceptors (Lipinski definition) is 6. The molecule has 0 radical (unpaired) electrons. The van der Waals surface area contributed by atoms with Crippen LogP contribution in [0.5, 0.6) is 0 Å². The Kier molecular flexibility index (Phi) is 6.67. The average molecular weight is 286 g/mol. The molecule has 2 atom stereocenters. The monoisotopic (exact) mass is 286 g/mol. The first kappa shape index (κ1) is 15.8. The van der Waals surface area contributed by atoms with Crippen LogP contribution in [0.25, 0.3) is 0 Å². The standard InChI is InChI=1S/C12H18N2O4S/c1-3-18-12(16)9(7-13)6-11-14(4-5-17-2)10(15)8-19-11/h9,11H,3-6,8H2,1-2H3. The molecule has 0 bridgehead atoms. The van der Waals surface area contributed by atoms with Crippen LogP contribution in [0.15, 0.2) is 0 Å². The van der Waals surface area contributed by atoms with Gasteiger partial charge in [0, 0.05) is 20.1 Å². The highest BCUT2D eigenvalue weighted by molar-refractivity contribution is 8.00. The van der Waals surface area contributed by atoms with Crippen LogP contribution in [0.2, 0.25) is 0 Å². The van der Waals surface area contributed by atoms with Gasteiger partial charge in [0.25, 0.3) is 0 Å². The summed E-state index contributed by atoms with van der Waals surface area (Å²) in [6.45, 7) is 2.87. The lowest BCUT2D eigenvalue weighted by Crippen LogP contribution is -2.37. The minimum atomic E-state index is -0.826. The minimum Gasteiger partial charge on any atom is -0.465 e.